The molecule has 1 aromatic carbocycles. The third-order valence-electron chi connectivity index (χ3n) is 2.96. The van der Waals surface area contributed by atoms with Gasteiger partial charge in [-0.1, -0.05) is 36.4 Å². The summed E-state index contributed by atoms with van der Waals surface area (Å²) in [7, 11) is 1.42. The van der Waals surface area contributed by atoms with Crippen molar-refractivity contribution in [3.63, 3.8) is 0 Å². The van der Waals surface area contributed by atoms with Gasteiger partial charge in [0.1, 0.15) is 0 Å². The molecule has 0 saturated heterocycles. The van der Waals surface area contributed by atoms with Gasteiger partial charge in [-0.15, -0.1) is 0 Å². The summed E-state index contributed by atoms with van der Waals surface area (Å²) >= 11 is 0. The zero-order valence-electron chi connectivity index (χ0n) is 11.6. The molecule has 0 aliphatic heterocycles. The lowest BCUT2D eigenvalue weighted by atomic mass is 10.1. The van der Waals surface area contributed by atoms with Crippen molar-refractivity contribution in [3.8, 4) is 0 Å². The van der Waals surface area contributed by atoms with Crippen molar-refractivity contribution in [2.45, 2.75) is 32.1 Å². The second-order valence-electron chi connectivity index (χ2n) is 4.50. The monoisotopic (exact) mass is 261 g/mol. The molecule has 0 aliphatic rings. The van der Waals surface area contributed by atoms with Crippen molar-refractivity contribution in [1.29, 1.82) is 0 Å². The summed E-state index contributed by atoms with van der Waals surface area (Å²) in [5.41, 5.74) is 7.79. The number of ether oxygens (including phenoxy) is 1. The van der Waals surface area contributed by atoms with E-state index in [1.165, 1.54) is 12.7 Å². The fraction of sp³-hybridized carbons (Fsp3) is 0.438. The second kappa shape index (κ2) is 9.34. The number of hydrogen-bond acceptors (Lipinski definition) is 3. The molecule has 0 unspecified atom stereocenters. The summed E-state index contributed by atoms with van der Waals surface area (Å²) in [6.45, 7) is 0.767. The Balaban J connectivity index is 2.36. The van der Waals surface area contributed by atoms with Crippen molar-refractivity contribution in [2.24, 2.45) is 5.73 Å². The minimum absolute atomic E-state index is 0.163. The Bertz CT molecular complexity index is 396. The topological polar surface area (TPSA) is 52.3 Å². The molecule has 0 spiro atoms. The first-order valence-electron chi connectivity index (χ1n) is 6.78. The maximum atomic E-state index is 11.0. The van der Waals surface area contributed by atoms with Gasteiger partial charge in [-0.25, -0.2) is 0 Å². The molecule has 0 amide bonds. The third-order valence-corrected chi connectivity index (χ3v) is 2.96. The summed E-state index contributed by atoms with van der Waals surface area (Å²) < 4.78 is 4.62. The quantitative estimate of drug-likeness (QED) is 0.578. The molecule has 0 saturated carbocycles. The van der Waals surface area contributed by atoms with Crippen LogP contribution in [0.1, 0.15) is 36.8 Å². The van der Waals surface area contributed by atoms with E-state index in [0.29, 0.717) is 6.42 Å². The van der Waals surface area contributed by atoms with Crippen LogP contribution in [-0.2, 0) is 16.0 Å². The fourth-order valence-electron chi connectivity index (χ4n) is 1.77. The number of allylic oxidation sites excluding steroid dienone is 1. The molecule has 3 nitrogen and oxygen atoms in total. The lowest BCUT2D eigenvalue weighted by Gasteiger charge is -2.01. The van der Waals surface area contributed by atoms with Crippen LogP contribution < -0.4 is 5.73 Å². The van der Waals surface area contributed by atoms with E-state index in [4.69, 9.17) is 5.73 Å². The average molecular weight is 261 g/mol. The van der Waals surface area contributed by atoms with E-state index in [0.717, 1.165) is 37.8 Å². The van der Waals surface area contributed by atoms with Crippen molar-refractivity contribution in [1.82, 2.24) is 0 Å². The molecule has 0 fully saturated rings. The van der Waals surface area contributed by atoms with Crippen LogP contribution in [0.15, 0.2) is 30.3 Å². The van der Waals surface area contributed by atoms with Gasteiger partial charge in [0.2, 0.25) is 0 Å². The number of aryl methyl sites for hydroxylation is 1. The van der Waals surface area contributed by atoms with E-state index < -0.39 is 0 Å². The largest absolute Gasteiger partial charge is 0.469 e. The van der Waals surface area contributed by atoms with Crippen molar-refractivity contribution >= 4 is 12.0 Å². The minimum atomic E-state index is -0.163. The van der Waals surface area contributed by atoms with Crippen LogP contribution in [-0.4, -0.2) is 19.6 Å². The average Bonchev–Trinajstić information content (AvgIpc) is 2.45. The zero-order valence-corrected chi connectivity index (χ0v) is 11.6. The lowest BCUT2D eigenvalue weighted by Crippen LogP contribution is -2.01. The Morgan fingerprint density at radius 3 is 2.63 bits per heavy atom. The van der Waals surface area contributed by atoms with Crippen LogP contribution in [0.3, 0.4) is 0 Å². The molecule has 104 valence electrons. The number of nitrogens with two attached hydrogens (primary N) is 1. The number of carbonyl (C=O) groups excluding carboxylic acids is 1. The van der Waals surface area contributed by atoms with Gasteiger partial charge in [0.15, 0.2) is 0 Å². The number of unbranched alkanes of at least 4 members (excludes halogenated alkanes) is 2. The van der Waals surface area contributed by atoms with E-state index in [1.54, 1.807) is 0 Å². The minimum Gasteiger partial charge on any atom is -0.469 e. The predicted octanol–water partition coefficient (Wildman–Crippen LogP) is 2.93. The standard InChI is InChI=1S/C16H23NO2/c1-19-16(18)12-11-15-9-7-14(8-10-15)6-4-2-3-5-13-17/h4,6-10H,2-3,5,11-13,17H2,1H3. The molecule has 0 aromatic heterocycles. The number of carbonyl (C=O) groups is 1. The SMILES string of the molecule is COC(=O)CCc1ccc(C=CCCCCN)cc1. The molecule has 1 aromatic rings. The van der Waals surface area contributed by atoms with Gasteiger partial charge < -0.3 is 10.5 Å². The second-order valence-corrected chi connectivity index (χ2v) is 4.50. The van der Waals surface area contributed by atoms with E-state index in [1.807, 2.05) is 0 Å². The van der Waals surface area contributed by atoms with Crippen LogP contribution in [0.5, 0.6) is 0 Å². The van der Waals surface area contributed by atoms with Crippen LogP contribution in [0.25, 0.3) is 6.08 Å². The molecular weight excluding hydrogens is 238 g/mol. The van der Waals surface area contributed by atoms with Crippen LogP contribution in [0.4, 0.5) is 0 Å². The molecular formula is C16H23NO2. The van der Waals surface area contributed by atoms with E-state index in [2.05, 4.69) is 41.2 Å². The highest BCUT2D eigenvalue weighted by atomic mass is 16.5. The first-order valence-corrected chi connectivity index (χ1v) is 6.78. The smallest absolute Gasteiger partial charge is 0.305 e. The summed E-state index contributed by atoms with van der Waals surface area (Å²) in [4.78, 5) is 11.0. The van der Waals surface area contributed by atoms with Gasteiger partial charge >= 0.3 is 5.97 Å². The molecule has 0 radical (unpaired) electrons. The molecule has 0 aliphatic carbocycles. The van der Waals surface area contributed by atoms with Gasteiger partial charge in [-0.05, 0) is 43.4 Å². The Morgan fingerprint density at radius 1 is 1.26 bits per heavy atom. The van der Waals surface area contributed by atoms with Crippen molar-refractivity contribution < 1.29 is 9.53 Å². The number of hydrogen-bond donors (Lipinski definition) is 1. The maximum absolute atomic E-state index is 11.0. The first kappa shape index (κ1) is 15.4. The normalized spacial score (nSPS) is 10.8. The fourth-order valence-corrected chi connectivity index (χ4v) is 1.77. The van der Waals surface area contributed by atoms with Crippen LogP contribution in [0, 0.1) is 0 Å². The van der Waals surface area contributed by atoms with Crippen LogP contribution in [0.2, 0.25) is 0 Å². The number of esters is 1. The van der Waals surface area contributed by atoms with Gasteiger partial charge in [0.05, 0.1) is 7.11 Å². The summed E-state index contributed by atoms with van der Waals surface area (Å²) in [5, 5.41) is 0. The molecule has 1 rings (SSSR count). The zero-order chi connectivity index (χ0) is 13.9. The van der Waals surface area contributed by atoms with Gasteiger partial charge in [0, 0.05) is 6.42 Å². The Labute approximate surface area is 115 Å². The highest BCUT2D eigenvalue weighted by Gasteiger charge is 2.00. The van der Waals surface area contributed by atoms with Crippen LogP contribution >= 0.6 is 0 Å². The van der Waals surface area contributed by atoms with E-state index in [-0.39, 0.29) is 5.97 Å². The maximum Gasteiger partial charge on any atom is 0.305 e. The van der Waals surface area contributed by atoms with Gasteiger partial charge in [-0.3, -0.25) is 4.79 Å². The molecule has 0 heterocycles. The summed E-state index contributed by atoms with van der Waals surface area (Å²) in [5.74, 6) is -0.163. The third kappa shape index (κ3) is 6.77. The highest BCUT2D eigenvalue weighted by Crippen LogP contribution is 2.09. The highest BCUT2D eigenvalue weighted by molar-refractivity contribution is 5.69. The molecule has 0 atom stereocenters. The molecule has 3 heteroatoms. The van der Waals surface area contributed by atoms with Crippen molar-refractivity contribution in [2.75, 3.05) is 13.7 Å². The van der Waals surface area contributed by atoms with Crippen molar-refractivity contribution in [3.05, 3.63) is 41.5 Å². The molecule has 19 heavy (non-hydrogen) atoms. The molecule has 0 bridgehead atoms. The Kier molecular flexibility index (Phi) is 7.59. The predicted molar refractivity (Wildman–Crippen MR) is 78.7 cm³/mol. The Morgan fingerprint density at radius 2 is 2.00 bits per heavy atom. The summed E-state index contributed by atoms with van der Waals surface area (Å²) in [6, 6.07) is 8.27. The van der Waals surface area contributed by atoms with E-state index in [9.17, 15) is 4.79 Å². The number of benzene rings is 1. The van der Waals surface area contributed by atoms with Gasteiger partial charge in [-0.2, -0.15) is 0 Å². The lowest BCUT2D eigenvalue weighted by molar-refractivity contribution is -0.140. The first-order chi connectivity index (χ1) is 9.26. The number of methoxy groups -OCH3 is 1. The molecule has 2 N–H and O–H groups in total. The Hall–Kier alpha value is -1.61. The van der Waals surface area contributed by atoms with E-state index >= 15 is 0 Å². The summed E-state index contributed by atoms with van der Waals surface area (Å²) in [6.07, 6.45) is 8.76. The number of rotatable bonds is 8. The van der Waals surface area contributed by atoms with Gasteiger partial charge in [0.25, 0.3) is 0 Å².